The lowest BCUT2D eigenvalue weighted by atomic mass is 10.2. The molecule has 0 unspecified atom stereocenters. The predicted octanol–water partition coefficient (Wildman–Crippen LogP) is 3.41. The summed E-state index contributed by atoms with van der Waals surface area (Å²) in [6, 6.07) is 4.03. The lowest BCUT2D eigenvalue weighted by Crippen LogP contribution is -2.07. The smallest absolute Gasteiger partial charge is 0.327 e. The summed E-state index contributed by atoms with van der Waals surface area (Å²) in [6.07, 6.45) is 3.43. The van der Waals surface area contributed by atoms with Gasteiger partial charge in [-0.2, -0.15) is 4.39 Å². The van der Waals surface area contributed by atoms with Gasteiger partial charge in [-0.25, -0.2) is 4.98 Å². The maximum atomic E-state index is 13.4. The Balaban J connectivity index is 2.00. The molecule has 106 valence electrons. The molecule has 0 fully saturated rings. The highest BCUT2D eigenvalue weighted by atomic mass is 32.1. The number of hydrogen-bond donors (Lipinski definition) is 1. The van der Waals surface area contributed by atoms with Gasteiger partial charge in [-0.15, -0.1) is 11.3 Å². The van der Waals surface area contributed by atoms with Gasteiger partial charge in [0.05, 0.1) is 9.93 Å². The fraction of sp³-hybridized carbons (Fsp3) is 0.308. The van der Waals surface area contributed by atoms with Crippen molar-refractivity contribution in [2.45, 2.75) is 19.8 Å². The zero-order valence-electron chi connectivity index (χ0n) is 10.9. The van der Waals surface area contributed by atoms with Gasteiger partial charge in [0.25, 0.3) is 0 Å². The van der Waals surface area contributed by atoms with E-state index in [4.69, 9.17) is 0 Å². The average Bonchev–Trinajstić information content (AvgIpc) is 2.86. The minimum absolute atomic E-state index is 0.197. The topological polar surface area (TPSA) is 68.1 Å². The van der Waals surface area contributed by atoms with Gasteiger partial charge in [0.1, 0.15) is 5.69 Å². The van der Waals surface area contributed by atoms with Crippen molar-refractivity contribution in [1.29, 1.82) is 0 Å². The first-order chi connectivity index (χ1) is 9.61. The Bertz CT molecular complexity index is 615. The normalized spacial score (nSPS) is 10.5. The molecule has 0 spiro atoms. The molecule has 20 heavy (non-hydrogen) atoms. The molecule has 0 atom stereocenters. The molecule has 0 aliphatic carbocycles. The zero-order chi connectivity index (χ0) is 14.5. The van der Waals surface area contributed by atoms with Crippen LogP contribution in [0.25, 0.3) is 0 Å². The number of nitro benzene ring substituents is 1. The molecule has 5 nitrogen and oxygen atoms in total. The quantitative estimate of drug-likeness (QED) is 0.655. The molecule has 2 rings (SSSR count). The van der Waals surface area contributed by atoms with Crippen LogP contribution in [-0.2, 0) is 12.8 Å². The van der Waals surface area contributed by atoms with Gasteiger partial charge in [0.2, 0.25) is 5.82 Å². The van der Waals surface area contributed by atoms with E-state index in [2.05, 4.69) is 17.2 Å². The second-order valence-electron chi connectivity index (χ2n) is 4.14. The second kappa shape index (κ2) is 6.42. The van der Waals surface area contributed by atoms with Gasteiger partial charge in [-0.05, 0) is 18.6 Å². The SMILES string of the molecule is CCc1cnc(CCNc2cccc(F)c2[N+](=O)[O-])s1. The molecule has 0 bridgehead atoms. The number of rotatable bonds is 6. The number of aromatic nitrogens is 1. The van der Waals surface area contributed by atoms with Crippen LogP contribution in [0.1, 0.15) is 16.8 Å². The summed E-state index contributed by atoms with van der Waals surface area (Å²) in [6.45, 7) is 2.53. The van der Waals surface area contributed by atoms with Gasteiger partial charge >= 0.3 is 5.69 Å². The van der Waals surface area contributed by atoms with Crippen molar-refractivity contribution < 1.29 is 9.31 Å². The Morgan fingerprint density at radius 2 is 2.30 bits per heavy atom. The summed E-state index contributed by atoms with van der Waals surface area (Å²) in [4.78, 5) is 15.6. The van der Waals surface area contributed by atoms with Crippen LogP contribution in [0, 0.1) is 15.9 Å². The lowest BCUT2D eigenvalue weighted by molar-refractivity contribution is -0.386. The monoisotopic (exact) mass is 295 g/mol. The molecule has 1 heterocycles. The van der Waals surface area contributed by atoms with Gasteiger partial charge in [0.15, 0.2) is 0 Å². The number of halogens is 1. The van der Waals surface area contributed by atoms with Gasteiger partial charge in [0, 0.05) is 24.0 Å². The fourth-order valence-corrected chi connectivity index (χ4v) is 2.64. The third kappa shape index (κ3) is 3.30. The van der Waals surface area contributed by atoms with E-state index < -0.39 is 16.4 Å². The van der Waals surface area contributed by atoms with Crippen LogP contribution in [0.2, 0.25) is 0 Å². The maximum absolute atomic E-state index is 13.4. The van der Waals surface area contributed by atoms with Crippen LogP contribution >= 0.6 is 11.3 Å². The molecule has 0 saturated carbocycles. The molecule has 0 aliphatic heterocycles. The largest absolute Gasteiger partial charge is 0.379 e. The number of thiazole rings is 1. The number of aryl methyl sites for hydroxylation is 1. The molecule has 1 aromatic carbocycles. The number of hydrogen-bond acceptors (Lipinski definition) is 5. The van der Waals surface area contributed by atoms with Gasteiger partial charge in [-0.3, -0.25) is 10.1 Å². The van der Waals surface area contributed by atoms with E-state index in [0.717, 1.165) is 17.5 Å². The van der Waals surface area contributed by atoms with Crippen LogP contribution in [0.3, 0.4) is 0 Å². The first-order valence-electron chi connectivity index (χ1n) is 6.22. The van der Waals surface area contributed by atoms with E-state index in [-0.39, 0.29) is 5.69 Å². The van der Waals surface area contributed by atoms with E-state index in [1.54, 1.807) is 11.3 Å². The minimum Gasteiger partial charge on any atom is -0.379 e. The number of nitrogens with one attached hydrogen (secondary N) is 1. The number of nitro groups is 1. The molecule has 1 aromatic heterocycles. The summed E-state index contributed by atoms with van der Waals surface area (Å²) < 4.78 is 13.4. The first kappa shape index (κ1) is 14.4. The zero-order valence-corrected chi connectivity index (χ0v) is 11.7. The highest BCUT2D eigenvalue weighted by Crippen LogP contribution is 2.27. The predicted molar refractivity (Wildman–Crippen MR) is 76.7 cm³/mol. The van der Waals surface area contributed by atoms with Crippen molar-refractivity contribution in [1.82, 2.24) is 4.98 Å². The molecule has 1 N–H and O–H groups in total. The number of nitrogens with zero attached hydrogens (tertiary/aromatic N) is 2. The van der Waals surface area contributed by atoms with E-state index in [1.807, 2.05) is 6.20 Å². The first-order valence-corrected chi connectivity index (χ1v) is 7.03. The Kier molecular flexibility index (Phi) is 4.62. The van der Waals surface area contributed by atoms with Crippen molar-refractivity contribution in [3.05, 3.63) is 50.2 Å². The molecule has 0 saturated heterocycles. The van der Waals surface area contributed by atoms with E-state index in [1.165, 1.54) is 17.0 Å². The lowest BCUT2D eigenvalue weighted by Gasteiger charge is -2.06. The standard InChI is InChI=1S/C13H14FN3O2S/c1-2-9-8-16-12(20-9)6-7-15-11-5-3-4-10(14)13(11)17(18)19/h3-5,8,15H,2,6-7H2,1H3. The van der Waals surface area contributed by atoms with Crippen molar-refractivity contribution in [2.75, 3.05) is 11.9 Å². The third-order valence-electron chi connectivity index (χ3n) is 2.77. The maximum Gasteiger partial charge on any atom is 0.327 e. The van der Waals surface area contributed by atoms with Crippen LogP contribution in [0.5, 0.6) is 0 Å². The van der Waals surface area contributed by atoms with Crippen LogP contribution in [-0.4, -0.2) is 16.5 Å². The van der Waals surface area contributed by atoms with Crippen LogP contribution < -0.4 is 5.32 Å². The molecular weight excluding hydrogens is 281 g/mol. The molecule has 0 amide bonds. The number of benzene rings is 1. The van der Waals surface area contributed by atoms with Crippen LogP contribution in [0.15, 0.2) is 24.4 Å². The summed E-state index contributed by atoms with van der Waals surface area (Å²) in [7, 11) is 0. The van der Waals surface area contributed by atoms with Gasteiger partial charge < -0.3 is 5.32 Å². The summed E-state index contributed by atoms with van der Waals surface area (Å²) in [5.74, 6) is -0.831. The fourth-order valence-electron chi connectivity index (χ4n) is 1.77. The van der Waals surface area contributed by atoms with Crippen molar-refractivity contribution in [2.24, 2.45) is 0 Å². The molecule has 2 aromatic rings. The highest BCUT2D eigenvalue weighted by Gasteiger charge is 2.19. The van der Waals surface area contributed by atoms with E-state index in [9.17, 15) is 14.5 Å². The highest BCUT2D eigenvalue weighted by molar-refractivity contribution is 7.11. The minimum atomic E-state index is -0.831. The Labute approximate surface area is 119 Å². The molecule has 7 heteroatoms. The molecular formula is C13H14FN3O2S. The van der Waals surface area contributed by atoms with Crippen molar-refractivity contribution >= 4 is 22.7 Å². The summed E-state index contributed by atoms with van der Waals surface area (Å²) >= 11 is 1.62. The average molecular weight is 295 g/mol. The van der Waals surface area contributed by atoms with Gasteiger partial charge in [-0.1, -0.05) is 13.0 Å². The summed E-state index contributed by atoms with van der Waals surface area (Å²) in [5, 5.41) is 14.7. The third-order valence-corrected chi connectivity index (χ3v) is 3.98. The molecule has 0 radical (unpaired) electrons. The second-order valence-corrected chi connectivity index (χ2v) is 5.34. The Morgan fingerprint density at radius 3 is 2.95 bits per heavy atom. The number of anilines is 1. The van der Waals surface area contributed by atoms with E-state index >= 15 is 0 Å². The molecule has 0 aliphatic rings. The van der Waals surface area contributed by atoms with Crippen molar-refractivity contribution in [3.63, 3.8) is 0 Å². The van der Waals surface area contributed by atoms with Crippen molar-refractivity contribution in [3.8, 4) is 0 Å². The van der Waals surface area contributed by atoms with Crippen LogP contribution in [0.4, 0.5) is 15.8 Å². The Hall–Kier alpha value is -2.02. The number of para-hydroxylation sites is 1. The Morgan fingerprint density at radius 1 is 1.50 bits per heavy atom. The summed E-state index contributed by atoms with van der Waals surface area (Å²) in [5.41, 5.74) is -0.317. The van der Waals surface area contributed by atoms with E-state index in [0.29, 0.717) is 13.0 Å².